The lowest BCUT2D eigenvalue weighted by atomic mass is 10.1. The van der Waals surface area contributed by atoms with Crippen LogP contribution in [0.2, 0.25) is 0 Å². The second-order valence-corrected chi connectivity index (χ2v) is 4.24. The molecule has 5 nitrogen and oxygen atoms in total. The summed E-state index contributed by atoms with van der Waals surface area (Å²) in [4.78, 5) is 24.8. The minimum atomic E-state index is -0.530. The van der Waals surface area contributed by atoms with Gasteiger partial charge >= 0.3 is 0 Å². The van der Waals surface area contributed by atoms with Gasteiger partial charge < -0.3 is 16.4 Å². The van der Waals surface area contributed by atoms with Gasteiger partial charge in [0.05, 0.1) is 0 Å². The fourth-order valence-corrected chi connectivity index (χ4v) is 1.96. The first kappa shape index (κ1) is 14.5. The van der Waals surface area contributed by atoms with Crippen molar-refractivity contribution in [1.29, 1.82) is 0 Å². The zero-order chi connectivity index (χ0) is 12.4. The molecule has 0 aliphatic carbocycles. The van der Waals surface area contributed by atoms with Crippen molar-refractivity contribution in [1.82, 2.24) is 4.90 Å². The first-order valence-electron chi connectivity index (χ1n) is 5.52. The molecule has 98 valence electrons. The van der Waals surface area contributed by atoms with Gasteiger partial charge in [-0.3, -0.25) is 9.59 Å². The Kier molecular flexibility index (Phi) is 4.69. The van der Waals surface area contributed by atoms with Crippen LogP contribution in [0.15, 0.2) is 24.3 Å². The Morgan fingerprint density at radius 3 is 2.50 bits per heavy atom. The van der Waals surface area contributed by atoms with Crippen molar-refractivity contribution in [3.63, 3.8) is 0 Å². The molecule has 2 rings (SSSR count). The minimum Gasteiger partial charge on any atom is -0.366 e. The number of nitrogens with zero attached hydrogens (tertiary/aromatic N) is 1. The fraction of sp³-hybridized carbons (Fsp3) is 0.333. The van der Waals surface area contributed by atoms with Crippen molar-refractivity contribution in [2.45, 2.75) is 12.5 Å². The van der Waals surface area contributed by atoms with Gasteiger partial charge in [0.25, 0.3) is 5.91 Å². The molecule has 0 radical (unpaired) electrons. The molecule has 1 heterocycles. The van der Waals surface area contributed by atoms with Crippen LogP contribution in [-0.4, -0.2) is 35.8 Å². The van der Waals surface area contributed by atoms with E-state index in [0.29, 0.717) is 24.2 Å². The van der Waals surface area contributed by atoms with Gasteiger partial charge in [0, 0.05) is 30.3 Å². The molecule has 2 amide bonds. The van der Waals surface area contributed by atoms with E-state index in [1.165, 1.54) is 6.07 Å². The Hall–Kier alpha value is -1.59. The van der Waals surface area contributed by atoms with E-state index in [-0.39, 0.29) is 24.4 Å². The van der Waals surface area contributed by atoms with Gasteiger partial charge in [-0.1, -0.05) is 6.07 Å². The molecule has 4 N–H and O–H groups in total. The first-order valence-corrected chi connectivity index (χ1v) is 5.52. The third-order valence-corrected chi connectivity index (χ3v) is 2.91. The van der Waals surface area contributed by atoms with E-state index in [9.17, 15) is 9.59 Å². The molecule has 0 saturated carbocycles. The summed E-state index contributed by atoms with van der Waals surface area (Å²) in [6, 6.07) is 6.50. The van der Waals surface area contributed by atoms with Crippen LogP contribution in [0.4, 0.5) is 0 Å². The molecule has 1 aromatic carbocycles. The fourth-order valence-electron chi connectivity index (χ4n) is 1.96. The zero-order valence-corrected chi connectivity index (χ0v) is 10.7. The SMILES string of the molecule is Cl.NC(=O)c1cccc(C(=O)N2CC[C@@H](N)C2)c1. The van der Waals surface area contributed by atoms with E-state index in [1.807, 2.05) is 0 Å². The molecule has 1 aromatic rings. The van der Waals surface area contributed by atoms with Gasteiger partial charge in [0.1, 0.15) is 0 Å². The van der Waals surface area contributed by atoms with Crippen molar-refractivity contribution in [3.05, 3.63) is 35.4 Å². The number of likely N-dealkylation sites (tertiary alicyclic amines) is 1. The average molecular weight is 270 g/mol. The number of benzene rings is 1. The number of hydrogen-bond donors (Lipinski definition) is 2. The van der Waals surface area contributed by atoms with E-state index in [4.69, 9.17) is 11.5 Å². The number of rotatable bonds is 2. The number of nitrogens with two attached hydrogens (primary N) is 2. The third kappa shape index (κ3) is 3.00. The smallest absolute Gasteiger partial charge is 0.253 e. The van der Waals surface area contributed by atoms with Crippen molar-refractivity contribution < 1.29 is 9.59 Å². The highest BCUT2D eigenvalue weighted by atomic mass is 35.5. The van der Waals surface area contributed by atoms with Crippen molar-refractivity contribution in [2.24, 2.45) is 11.5 Å². The monoisotopic (exact) mass is 269 g/mol. The highest BCUT2D eigenvalue weighted by Crippen LogP contribution is 2.13. The van der Waals surface area contributed by atoms with Gasteiger partial charge in [0.2, 0.25) is 5.91 Å². The summed E-state index contributed by atoms with van der Waals surface area (Å²) in [7, 11) is 0. The number of carbonyl (C=O) groups excluding carboxylic acids is 2. The molecule has 18 heavy (non-hydrogen) atoms. The van der Waals surface area contributed by atoms with Crippen LogP contribution in [0.1, 0.15) is 27.1 Å². The summed E-state index contributed by atoms with van der Waals surface area (Å²) in [5.74, 6) is -0.626. The molecule has 1 saturated heterocycles. The minimum absolute atomic E-state index is 0. The molecule has 1 aliphatic heterocycles. The lowest BCUT2D eigenvalue weighted by molar-refractivity contribution is 0.0791. The quantitative estimate of drug-likeness (QED) is 0.813. The summed E-state index contributed by atoms with van der Waals surface area (Å²) in [6.45, 7) is 1.24. The molecule has 1 fully saturated rings. The predicted octanol–water partition coefficient (Wildman–Crippen LogP) is 0.380. The third-order valence-electron chi connectivity index (χ3n) is 2.91. The Balaban J connectivity index is 0.00000162. The Morgan fingerprint density at radius 1 is 1.28 bits per heavy atom. The first-order chi connectivity index (χ1) is 8.08. The van der Waals surface area contributed by atoms with Crippen LogP contribution < -0.4 is 11.5 Å². The van der Waals surface area contributed by atoms with Crippen LogP contribution >= 0.6 is 12.4 Å². The lowest BCUT2D eigenvalue weighted by Gasteiger charge is -2.15. The topological polar surface area (TPSA) is 89.4 Å². The highest BCUT2D eigenvalue weighted by Gasteiger charge is 2.24. The predicted molar refractivity (Wildman–Crippen MR) is 70.7 cm³/mol. The van der Waals surface area contributed by atoms with Crippen molar-refractivity contribution in [3.8, 4) is 0 Å². The van der Waals surface area contributed by atoms with Gasteiger partial charge in [-0.05, 0) is 24.6 Å². The normalized spacial score (nSPS) is 18.3. The van der Waals surface area contributed by atoms with Crippen LogP contribution in [0.25, 0.3) is 0 Å². The van der Waals surface area contributed by atoms with Crippen molar-refractivity contribution in [2.75, 3.05) is 13.1 Å². The molecule has 0 aromatic heterocycles. The van der Waals surface area contributed by atoms with E-state index < -0.39 is 5.91 Å². The summed E-state index contributed by atoms with van der Waals surface area (Å²) < 4.78 is 0. The number of carbonyl (C=O) groups is 2. The number of amides is 2. The maximum atomic E-state index is 12.1. The lowest BCUT2D eigenvalue weighted by Crippen LogP contribution is -2.32. The number of hydrogen-bond acceptors (Lipinski definition) is 3. The van der Waals surface area contributed by atoms with E-state index in [2.05, 4.69) is 0 Å². The molecule has 1 atom stereocenters. The molecular weight excluding hydrogens is 254 g/mol. The number of halogens is 1. The summed E-state index contributed by atoms with van der Waals surface area (Å²) in [5.41, 5.74) is 11.8. The molecule has 6 heteroatoms. The summed E-state index contributed by atoms with van der Waals surface area (Å²) in [6.07, 6.45) is 0.821. The van der Waals surface area contributed by atoms with Crippen LogP contribution in [-0.2, 0) is 0 Å². The maximum Gasteiger partial charge on any atom is 0.253 e. The summed E-state index contributed by atoms with van der Waals surface area (Å²) in [5, 5.41) is 0. The molecule has 0 unspecified atom stereocenters. The van der Waals surface area contributed by atoms with Gasteiger partial charge in [-0.2, -0.15) is 0 Å². The Labute approximate surface area is 112 Å². The maximum absolute atomic E-state index is 12.1. The Bertz CT molecular complexity index is 464. The second-order valence-electron chi connectivity index (χ2n) is 4.24. The van der Waals surface area contributed by atoms with Crippen molar-refractivity contribution >= 4 is 24.2 Å². The van der Waals surface area contributed by atoms with E-state index >= 15 is 0 Å². The number of primary amides is 1. The molecule has 0 bridgehead atoms. The van der Waals surface area contributed by atoms with Crippen LogP contribution in [0.5, 0.6) is 0 Å². The average Bonchev–Trinajstić information content (AvgIpc) is 2.75. The molecular formula is C12H16ClN3O2. The largest absolute Gasteiger partial charge is 0.366 e. The van der Waals surface area contributed by atoms with Crippen LogP contribution in [0.3, 0.4) is 0 Å². The highest BCUT2D eigenvalue weighted by molar-refractivity contribution is 5.99. The van der Waals surface area contributed by atoms with Gasteiger partial charge in [-0.15, -0.1) is 12.4 Å². The summed E-state index contributed by atoms with van der Waals surface area (Å²) >= 11 is 0. The second kappa shape index (κ2) is 5.84. The van der Waals surface area contributed by atoms with Crippen LogP contribution in [0, 0.1) is 0 Å². The molecule has 1 aliphatic rings. The Morgan fingerprint density at radius 2 is 1.94 bits per heavy atom. The molecule has 0 spiro atoms. The van der Waals surface area contributed by atoms with Gasteiger partial charge in [0.15, 0.2) is 0 Å². The van der Waals surface area contributed by atoms with Gasteiger partial charge in [-0.25, -0.2) is 0 Å². The van der Waals surface area contributed by atoms with E-state index in [1.54, 1.807) is 23.1 Å². The van der Waals surface area contributed by atoms with E-state index in [0.717, 1.165) is 6.42 Å². The zero-order valence-electron chi connectivity index (χ0n) is 9.83. The standard InChI is InChI=1S/C12H15N3O2.ClH/c13-10-4-5-15(7-10)12(17)9-3-1-2-8(6-9)11(14)16;/h1-3,6,10H,4-5,7,13H2,(H2,14,16);1H/t10-;/m1./s1.